The molecule has 1 N–H and O–H groups in total. The smallest absolute Gasteiger partial charge is 0.232 e. The summed E-state index contributed by atoms with van der Waals surface area (Å²) < 4.78 is 10.6. The first-order valence-corrected chi connectivity index (χ1v) is 7.69. The Morgan fingerprint density at radius 1 is 1.41 bits per heavy atom. The molecule has 1 aromatic carbocycles. The number of rotatable bonds is 5. The van der Waals surface area contributed by atoms with Gasteiger partial charge in [0, 0.05) is 31.1 Å². The lowest BCUT2D eigenvalue weighted by Gasteiger charge is -2.35. The fraction of sp³-hybridized carbons (Fsp3) is 0.588. The van der Waals surface area contributed by atoms with E-state index in [0.29, 0.717) is 12.6 Å². The lowest BCUT2D eigenvalue weighted by atomic mass is 9.93. The maximum atomic E-state index is 12.2. The number of benzene rings is 1. The molecule has 0 aromatic heterocycles. The van der Waals surface area contributed by atoms with Gasteiger partial charge in [0.1, 0.15) is 0 Å². The molecule has 2 rings (SSSR count). The minimum absolute atomic E-state index is 0.0400. The van der Waals surface area contributed by atoms with E-state index >= 15 is 0 Å². The summed E-state index contributed by atoms with van der Waals surface area (Å²) in [6.45, 7) is 8.70. The average Bonchev–Trinajstić information content (AvgIpc) is 2.48. The van der Waals surface area contributed by atoms with Crippen LogP contribution in [0.3, 0.4) is 0 Å². The molecule has 0 aliphatic carbocycles. The van der Waals surface area contributed by atoms with Crippen molar-refractivity contribution >= 4 is 17.3 Å². The monoisotopic (exact) mass is 306 g/mol. The predicted octanol–water partition coefficient (Wildman–Crippen LogP) is 2.52. The van der Waals surface area contributed by atoms with Gasteiger partial charge >= 0.3 is 0 Å². The summed E-state index contributed by atoms with van der Waals surface area (Å²) in [4.78, 5) is 14.6. The van der Waals surface area contributed by atoms with Crippen molar-refractivity contribution in [2.45, 2.75) is 26.8 Å². The molecular formula is C17H26N2O3. The van der Waals surface area contributed by atoms with Crippen LogP contribution in [-0.4, -0.2) is 45.4 Å². The SMILES string of the molecule is COCC(C)(C)C(=O)Nc1ccc(N2CCOC[C@H]2C)cc1. The minimum atomic E-state index is -0.549. The van der Waals surface area contributed by atoms with Gasteiger partial charge < -0.3 is 19.7 Å². The second kappa shape index (κ2) is 7.11. The third-order valence-electron chi connectivity index (χ3n) is 3.94. The summed E-state index contributed by atoms with van der Waals surface area (Å²) in [5, 5.41) is 2.95. The van der Waals surface area contributed by atoms with Crippen molar-refractivity contribution in [3.8, 4) is 0 Å². The number of methoxy groups -OCH3 is 1. The number of carbonyl (C=O) groups excluding carboxylic acids is 1. The molecule has 1 aliphatic heterocycles. The van der Waals surface area contributed by atoms with Crippen molar-refractivity contribution in [3.63, 3.8) is 0 Å². The molecule has 0 bridgehead atoms. The molecule has 1 heterocycles. The number of hydrogen-bond acceptors (Lipinski definition) is 4. The highest BCUT2D eigenvalue weighted by Crippen LogP contribution is 2.23. The van der Waals surface area contributed by atoms with E-state index in [4.69, 9.17) is 9.47 Å². The molecule has 1 aliphatic rings. The van der Waals surface area contributed by atoms with Crippen molar-refractivity contribution < 1.29 is 14.3 Å². The van der Waals surface area contributed by atoms with Gasteiger partial charge in [0.25, 0.3) is 0 Å². The molecular weight excluding hydrogens is 280 g/mol. The maximum Gasteiger partial charge on any atom is 0.232 e. The molecule has 1 atom stereocenters. The van der Waals surface area contributed by atoms with E-state index in [9.17, 15) is 4.79 Å². The van der Waals surface area contributed by atoms with E-state index in [0.717, 1.165) is 31.1 Å². The standard InChI is InChI=1S/C17H26N2O3/c1-13-11-22-10-9-19(13)15-7-5-14(6-8-15)18-16(20)17(2,3)12-21-4/h5-8,13H,9-12H2,1-4H3,(H,18,20)/t13-/m1/s1. The fourth-order valence-electron chi connectivity index (χ4n) is 2.57. The zero-order chi connectivity index (χ0) is 16.2. The van der Waals surface area contributed by atoms with Gasteiger partial charge in [-0.05, 0) is 45.0 Å². The first-order chi connectivity index (χ1) is 10.4. The number of amides is 1. The van der Waals surface area contributed by atoms with Gasteiger partial charge in [-0.2, -0.15) is 0 Å². The van der Waals surface area contributed by atoms with Crippen LogP contribution in [0.1, 0.15) is 20.8 Å². The van der Waals surface area contributed by atoms with Gasteiger partial charge in [-0.25, -0.2) is 0 Å². The zero-order valence-electron chi connectivity index (χ0n) is 13.9. The van der Waals surface area contributed by atoms with Crippen molar-refractivity contribution in [1.29, 1.82) is 0 Å². The highest BCUT2D eigenvalue weighted by molar-refractivity contribution is 5.95. The molecule has 1 fully saturated rings. The van der Waals surface area contributed by atoms with Crippen LogP contribution in [0.15, 0.2) is 24.3 Å². The summed E-state index contributed by atoms with van der Waals surface area (Å²) in [5.74, 6) is -0.0400. The van der Waals surface area contributed by atoms with Crippen LogP contribution in [0.4, 0.5) is 11.4 Å². The Balaban J connectivity index is 2.01. The Kier molecular flexibility index (Phi) is 5.42. The molecule has 1 saturated heterocycles. The van der Waals surface area contributed by atoms with Crippen molar-refractivity contribution in [1.82, 2.24) is 0 Å². The van der Waals surface area contributed by atoms with Crippen LogP contribution in [0.5, 0.6) is 0 Å². The second-order valence-electron chi connectivity index (χ2n) is 6.44. The number of hydrogen-bond donors (Lipinski definition) is 1. The van der Waals surface area contributed by atoms with Crippen LogP contribution in [0.2, 0.25) is 0 Å². The Morgan fingerprint density at radius 3 is 2.68 bits per heavy atom. The first-order valence-electron chi connectivity index (χ1n) is 7.69. The first kappa shape index (κ1) is 16.8. The Bertz CT molecular complexity index is 499. The highest BCUT2D eigenvalue weighted by atomic mass is 16.5. The number of nitrogens with one attached hydrogen (secondary N) is 1. The summed E-state index contributed by atoms with van der Waals surface area (Å²) >= 11 is 0. The fourth-order valence-corrected chi connectivity index (χ4v) is 2.57. The van der Waals surface area contributed by atoms with Gasteiger partial charge in [0.05, 0.1) is 25.2 Å². The number of morpholine rings is 1. The van der Waals surface area contributed by atoms with Crippen molar-refractivity contribution in [2.75, 3.05) is 43.7 Å². The lowest BCUT2D eigenvalue weighted by Crippen LogP contribution is -2.43. The quantitative estimate of drug-likeness (QED) is 0.908. The van der Waals surface area contributed by atoms with Crippen LogP contribution in [0, 0.1) is 5.41 Å². The third kappa shape index (κ3) is 3.99. The topological polar surface area (TPSA) is 50.8 Å². The number of anilines is 2. The van der Waals surface area contributed by atoms with Crippen LogP contribution in [-0.2, 0) is 14.3 Å². The van der Waals surface area contributed by atoms with Crippen LogP contribution in [0.25, 0.3) is 0 Å². The molecule has 0 saturated carbocycles. The van der Waals surface area contributed by atoms with Crippen LogP contribution < -0.4 is 10.2 Å². The van der Waals surface area contributed by atoms with E-state index in [1.165, 1.54) is 0 Å². The zero-order valence-corrected chi connectivity index (χ0v) is 13.9. The summed E-state index contributed by atoms with van der Waals surface area (Å²) in [5.41, 5.74) is 1.41. The number of nitrogens with zero attached hydrogens (tertiary/aromatic N) is 1. The van der Waals surface area contributed by atoms with Gasteiger partial charge in [-0.15, -0.1) is 0 Å². The Hall–Kier alpha value is -1.59. The van der Waals surface area contributed by atoms with Crippen molar-refractivity contribution in [2.24, 2.45) is 5.41 Å². The lowest BCUT2D eigenvalue weighted by molar-refractivity contribution is -0.126. The molecule has 0 radical (unpaired) electrons. The van der Waals surface area contributed by atoms with Gasteiger partial charge in [-0.3, -0.25) is 4.79 Å². The second-order valence-corrected chi connectivity index (χ2v) is 6.44. The average molecular weight is 306 g/mol. The third-order valence-corrected chi connectivity index (χ3v) is 3.94. The highest BCUT2D eigenvalue weighted by Gasteiger charge is 2.27. The maximum absolute atomic E-state index is 12.2. The molecule has 0 unspecified atom stereocenters. The van der Waals surface area contributed by atoms with E-state index in [-0.39, 0.29) is 5.91 Å². The van der Waals surface area contributed by atoms with Gasteiger partial charge in [0.2, 0.25) is 5.91 Å². The van der Waals surface area contributed by atoms with E-state index in [2.05, 4.69) is 17.1 Å². The largest absolute Gasteiger partial charge is 0.384 e. The van der Waals surface area contributed by atoms with E-state index in [1.807, 2.05) is 38.1 Å². The molecule has 122 valence electrons. The molecule has 0 spiro atoms. The van der Waals surface area contributed by atoms with Gasteiger partial charge in [-0.1, -0.05) is 0 Å². The summed E-state index contributed by atoms with van der Waals surface area (Å²) in [6, 6.07) is 8.34. The molecule has 1 aromatic rings. The molecule has 5 heteroatoms. The Labute approximate surface area is 132 Å². The number of carbonyl (C=O) groups is 1. The van der Waals surface area contributed by atoms with E-state index < -0.39 is 5.41 Å². The van der Waals surface area contributed by atoms with Gasteiger partial charge in [0.15, 0.2) is 0 Å². The van der Waals surface area contributed by atoms with Crippen LogP contribution >= 0.6 is 0 Å². The molecule has 1 amide bonds. The molecule has 22 heavy (non-hydrogen) atoms. The normalized spacial score (nSPS) is 19.1. The predicted molar refractivity (Wildman–Crippen MR) is 88.4 cm³/mol. The summed E-state index contributed by atoms with van der Waals surface area (Å²) in [7, 11) is 1.60. The summed E-state index contributed by atoms with van der Waals surface area (Å²) in [6.07, 6.45) is 0. The Morgan fingerprint density at radius 2 is 2.09 bits per heavy atom. The minimum Gasteiger partial charge on any atom is -0.384 e. The van der Waals surface area contributed by atoms with E-state index in [1.54, 1.807) is 7.11 Å². The molecule has 5 nitrogen and oxygen atoms in total. The number of ether oxygens (including phenoxy) is 2. The van der Waals surface area contributed by atoms with Crippen molar-refractivity contribution in [3.05, 3.63) is 24.3 Å².